The molecule has 34 heavy (non-hydrogen) atoms. The summed E-state index contributed by atoms with van der Waals surface area (Å²) in [6.07, 6.45) is -4.49. The van der Waals surface area contributed by atoms with E-state index in [1.165, 1.54) is 6.33 Å². The maximum atomic E-state index is 13.5. The van der Waals surface area contributed by atoms with Gasteiger partial charge in [-0.15, -0.1) is 5.10 Å². The highest BCUT2D eigenvalue weighted by molar-refractivity contribution is 5.57. The minimum atomic E-state index is -4.78. The normalized spacial score (nSPS) is 22.9. The van der Waals surface area contributed by atoms with E-state index in [0.717, 1.165) is 24.7 Å². The fraction of sp³-hybridized carbons (Fsp3) is 0.500. The maximum absolute atomic E-state index is 13.5. The zero-order chi connectivity index (χ0) is 24.1. The Labute approximate surface area is 189 Å². The molecule has 1 saturated carbocycles. The molecule has 5 rings (SSSR count). The number of ether oxygens (including phenoxy) is 1. The number of hydrogen-bond acceptors (Lipinski definition) is 7. The molecule has 1 aliphatic carbocycles. The lowest BCUT2D eigenvalue weighted by Gasteiger charge is -2.38. The molecule has 0 amide bonds. The van der Waals surface area contributed by atoms with Gasteiger partial charge in [-0.05, 0) is 42.9 Å². The highest BCUT2D eigenvalue weighted by Gasteiger charge is 2.43. The molecule has 2 aliphatic rings. The molecule has 1 saturated heterocycles. The third kappa shape index (κ3) is 4.40. The van der Waals surface area contributed by atoms with E-state index in [0.29, 0.717) is 23.7 Å². The summed E-state index contributed by atoms with van der Waals surface area (Å²) >= 11 is 0. The second kappa shape index (κ2) is 8.17. The highest BCUT2D eigenvalue weighted by atomic mass is 19.4. The monoisotopic (exact) mass is 487 g/mol. The second-order valence-electron chi connectivity index (χ2n) is 8.40. The summed E-state index contributed by atoms with van der Waals surface area (Å²) < 4.78 is 83.4. The molecule has 1 N–H and O–H groups in total. The molecule has 3 aromatic heterocycles. The first-order valence-electron chi connectivity index (χ1n) is 10.5. The molecule has 0 aromatic carbocycles. The number of hydrogen-bond donors (Lipinski definition) is 1. The minimum absolute atomic E-state index is 0.0917. The van der Waals surface area contributed by atoms with Gasteiger partial charge in [-0.1, -0.05) is 0 Å². The molecule has 2 bridgehead atoms. The zero-order valence-corrected chi connectivity index (χ0v) is 17.5. The molecule has 182 valence electrons. The van der Waals surface area contributed by atoms with Crippen molar-refractivity contribution in [1.82, 2.24) is 24.6 Å². The Balaban J connectivity index is 1.41. The van der Waals surface area contributed by atoms with Crippen molar-refractivity contribution < 1.29 is 31.1 Å². The van der Waals surface area contributed by atoms with Crippen LogP contribution in [0.4, 0.5) is 38.1 Å². The van der Waals surface area contributed by atoms with Gasteiger partial charge in [0, 0.05) is 25.3 Å². The fourth-order valence-corrected chi connectivity index (χ4v) is 4.75. The van der Waals surface area contributed by atoms with Crippen LogP contribution in [0.25, 0.3) is 5.65 Å². The Morgan fingerprint density at radius 3 is 2.38 bits per heavy atom. The molecule has 14 heteroatoms. The standard InChI is InChI=1S/C20H19F6N7O/c21-19(22,23)9-34-13-3-4-14(20(24,25)26)33-17(13)30-18(31-33)29-16-11-1-2-12(16)8-32(7-11)15-5-6-27-10-28-15/h3-6,10-12,16H,1-2,7-9H2,(H,29,31). The van der Waals surface area contributed by atoms with E-state index in [4.69, 9.17) is 4.74 Å². The summed E-state index contributed by atoms with van der Waals surface area (Å²) in [7, 11) is 0. The van der Waals surface area contributed by atoms with Crippen LogP contribution in [0.5, 0.6) is 5.75 Å². The van der Waals surface area contributed by atoms with Crippen molar-refractivity contribution in [2.75, 3.05) is 29.9 Å². The third-order valence-electron chi connectivity index (χ3n) is 6.15. The summed E-state index contributed by atoms with van der Waals surface area (Å²) in [6.45, 7) is -0.284. The van der Waals surface area contributed by atoms with E-state index in [1.54, 1.807) is 6.20 Å². The van der Waals surface area contributed by atoms with Gasteiger partial charge in [0.1, 0.15) is 17.8 Å². The molecule has 2 fully saturated rings. The van der Waals surface area contributed by atoms with Crippen LogP contribution in [0.2, 0.25) is 0 Å². The van der Waals surface area contributed by atoms with Gasteiger partial charge in [0.2, 0.25) is 5.95 Å². The van der Waals surface area contributed by atoms with Crippen LogP contribution in [0, 0.1) is 11.8 Å². The molecule has 3 aromatic rings. The van der Waals surface area contributed by atoms with Crippen LogP contribution >= 0.6 is 0 Å². The average molecular weight is 487 g/mol. The van der Waals surface area contributed by atoms with Gasteiger partial charge in [0.05, 0.1) is 0 Å². The lowest BCUT2D eigenvalue weighted by Crippen LogP contribution is -2.48. The quantitative estimate of drug-likeness (QED) is 0.549. The molecule has 0 spiro atoms. The van der Waals surface area contributed by atoms with Gasteiger partial charge in [0.15, 0.2) is 18.0 Å². The first-order valence-corrected chi connectivity index (χ1v) is 10.5. The average Bonchev–Trinajstić information content (AvgIpc) is 3.28. The Bertz CT molecular complexity index is 1150. The van der Waals surface area contributed by atoms with E-state index >= 15 is 0 Å². The van der Waals surface area contributed by atoms with Crippen LogP contribution in [-0.2, 0) is 6.18 Å². The molecular weight excluding hydrogens is 468 g/mol. The second-order valence-corrected chi connectivity index (χ2v) is 8.40. The number of nitrogens with zero attached hydrogens (tertiary/aromatic N) is 6. The number of rotatable bonds is 5. The van der Waals surface area contributed by atoms with Crippen LogP contribution < -0.4 is 15.0 Å². The zero-order valence-electron chi connectivity index (χ0n) is 17.5. The number of fused-ring (bicyclic) bond motifs is 3. The van der Waals surface area contributed by atoms with Gasteiger partial charge >= 0.3 is 12.4 Å². The lowest BCUT2D eigenvalue weighted by molar-refractivity contribution is -0.153. The van der Waals surface area contributed by atoms with Crippen molar-refractivity contribution in [3.63, 3.8) is 0 Å². The number of nitrogens with one attached hydrogen (secondary N) is 1. The number of anilines is 2. The van der Waals surface area contributed by atoms with Gasteiger partial charge in [-0.25, -0.2) is 14.5 Å². The molecular formula is C20H19F6N7O. The van der Waals surface area contributed by atoms with Crippen molar-refractivity contribution in [1.29, 1.82) is 0 Å². The summed E-state index contributed by atoms with van der Waals surface area (Å²) in [5.41, 5.74) is -1.60. The third-order valence-corrected chi connectivity index (χ3v) is 6.15. The number of aromatic nitrogens is 5. The highest BCUT2D eigenvalue weighted by Crippen LogP contribution is 2.40. The SMILES string of the molecule is FC(F)(F)COc1ccc(C(F)(F)F)n2nc(NC3C4CCC3CN(c3ccncn3)C4)nc12. The summed E-state index contributed by atoms with van der Waals surface area (Å²) in [6, 6.07) is 3.18. The fourth-order valence-electron chi connectivity index (χ4n) is 4.75. The first-order chi connectivity index (χ1) is 16.1. The van der Waals surface area contributed by atoms with Crippen LogP contribution in [0.15, 0.2) is 30.7 Å². The Morgan fingerprint density at radius 1 is 1.03 bits per heavy atom. The van der Waals surface area contributed by atoms with E-state index in [9.17, 15) is 26.3 Å². The topological polar surface area (TPSA) is 80.5 Å². The van der Waals surface area contributed by atoms with Crippen molar-refractivity contribution in [2.45, 2.75) is 31.2 Å². The number of pyridine rings is 1. The molecule has 8 nitrogen and oxygen atoms in total. The number of piperidine rings is 1. The summed E-state index contributed by atoms with van der Waals surface area (Å²) in [5.74, 6) is 0.613. The van der Waals surface area contributed by atoms with Crippen molar-refractivity contribution in [2.24, 2.45) is 11.8 Å². The minimum Gasteiger partial charge on any atom is -0.480 e. The van der Waals surface area contributed by atoms with Crippen LogP contribution in [0.3, 0.4) is 0 Å². The van der Waals surface area contributed by atoms with E-state index in [1.807, 2.05) is 6.07 Å². The molecule has 1 aliphatic heterocycles. The Hall–Kier alpha value is -3.32. The van der Waals surface area contributed by atoms with Gasteiger partial charge < -0.3 is 15.0 Å². The van der Waals surface area contributed by atoms with E-state index in [2.05, 4.69) is 30.3 Å². The van der Waals surface area contributed by atoms with E-state index < -0.39 is 36.1 Å². The van der Waals surface area contributed by atoms with Crippen molar-refractivity contribution in [3.05, 3.63) is 36.4 Å². The largest absolute Gasteiger partial charge is 0.480 e. The van der Waals surface area contributed by atoms with Crippen molar-refractivity contribution >= 4 is 17.4 Å². The molecule has 0 radical (unpaired) electrons. The van der Waals surface area contributed by atoms with E-state index in [-0.39, 0.29) is 23.8 Å². The molecule has 2 atom stereocenters. The summed E-state index contributed by atoms with van der Waals surface area (Å²) in [4.78, 5) is 14.4. The Kier molecular flexibility index (Phi) is 5.40. The van der Waals surface area contributed by atoms with Gasteiger partial charge in [-0.2, -0.15) is 31.3 Å². The summed E-state index contributed by atoms with van der Waals surface area (Å²) in [5, 5.41) is 7.07. The first kappa shape index (κ1) is 22.5. The van der Waals surface area contributed by atoms with Gasteiger partial charge in [-0.3, -0.25) is 0 Å². The van der Waals surface area contributed by atoms with Crippen LogP contribution in [0.1, 0.15) is 18.5 Å². The number of halogens is 6. The Morgan fingerprint density at radius 2 is 1.76 bits per heavy atom. The molecule has 4 heterocycles. The molecule has 2 unspecified atom stereocenters. The van der Waals surface area contributed by atoms with Crippen molar-refractivity contribution in [3.8, 4) is 5.75 Å². The lowest BCUT2D eigenvalue weighted by atomic mass is 9.92. The number of alkyl halides is 6. The predicted molar refractivity (Wildman–Crippen MR) is 107 cm³/mol. The maximum Gasteiger partial charge on any atom is 0.433 e. The van der Waals surface area contributed by atoms with Crippen LogP contribution in [-0.4, -0.2) is 56.5 Å². The smallest absolute Gasteiger partial charge is 0.433 e. The van der Waals surface area contributed by atoms with Gasteiger partial charge in [0.25, 0.3) is 0 Å². The predicted octanol–water partition coefficient (Wildman–Crippen LogP) is 3.81.